The summed E-state index contributed by atoms with van der Waals surface area (Å²) in [7, 11) is -3.75. The number of amides is 2. The van der Waals surface area contributed by atoms with E-state index in [1.807, 2.05) is 5.32 Å². The van der Waals surface area contributed by atoms with E-state index < -0.39 is 15.9 Å². The van der Waals surface area contributed by atoms with Crippen molar-refractivity contribution in [3.63, 3.8) is 0 Å². The maximum absolute atomic E-state index is 12.9. The number of hydrogen-bond donors (Lipinski definition) is 2. The molecule has 0 radical (unpaired) electrons. The van der Waals surface area contributed by atoms with Crippen LogP contribution in [0, 0.1) is 18.4 Å². The molecule has 0 aliphatic carbocycles. The third-order valence-corrected chi connectivity index (χ3v) is 6.64. The summed E-state index contributed by atoms with van der Waals surface area (Å²) >= 11 is 1.13. The zero-order chi connectivity index (χ0) is 18.5. The number of anilines is 1. The minimum atomic E-state index is -3.75. The van der Waals surface area contributed by atoms with Gasteiger partial charge < -0.3 is 4.57 Å². The van der Waals surface area contributed by atoms with Gasteiger partial charge in [-0.15, -0.1) is 0 Å². The smallest absolute Gasteiger partial charge is 0.304 e. The highest BCUT2D eigenvalue weighted by Gasteiger charge is 2.33. The molecule has 0 saturated carbocycles. The van der Waals surface area contributed by atoms with Gasteiger partial charge in [-0.1, -0.05) is 30.9 Å². The Labute approximate surface area is 159 Å². The maximum Gasteiger partial charge on any atom is 0.334 e. The number of nitriles is 1. The molecule has 0 spiro atoms. The van der Waals surface area contributed by atoms with E-state index in [2.05, 4.69) is 15.3 Å². The fraction of sp³-hybridized carbons (Fsp3) is 0.125. The van der Waals surface area contributed by atoms with E-state index in [-0.39, 0.29) is 22.5 Å². The van der Waals surface area contributed by atoms with Crippen LogP contribution in [0.5, 0.6) is 0 Å². The van der Waals surface area contributed by atoms with E-state index in [0.717, 1.165) is 11.3 Å². The van der Waals surface area contributed by atoms with Gasteiger partial charge in [0.15, 0.2) is 16.4 Å². The number of fused-ring (bicyclic) bond motifs is 4. The Balaban J connectivity index is 0.00000210. The molecular weight excluding hydrogens is 388 g/mol. The molecule has 1 aromatic carbocycles. The fourth-order valence-corrected chi connectivity index (χ4v) is 5.36. The molecule has 3 aromatic rings. The van der Waals surface area contributed by atoms with Gasteiger partial charge in [-0.25, -0.2) is 28.5 Å². The Bertz CT molecular complexity index is 1200. The molecular formula is C16H14N6O3S2. The van der Waals surface area contributed by atoms with Crippen LogP contribution >= 0.6 is 11.3 Å². The van der Waals surface area contributed by atoms with Gasteiger partial charge in [0.05, 0.1) is 16.3 Å². The van der Waals surface area contributed by atoms with Crippen LogP contribution in [0.4, 0.5) is 9.93 Å². The molecule has 2 amide bonds. The molecule has 1 aliphatic rings. The zero-order valence-corrected chi connectivity index (χ0v) is 14.8. The molecule has 2 N–H and O–H groups in total. The highest BCUT2D eigenvalue weighted by Crippen LogP contribution is 2.42. The van der Waals surface area contributed by atoms with Gasteiger partial charge in [0.25, 0.3) is 0 Å². The molecule has 2 aromatic heterocycles. The lowest BCUT2D eigenvalue weighted by atomic mass is 10.1. The lowest BCUT2D eigenvalue weighted by molar-refractivity contribution is 0.255. The lowest BCUT2D eigenvalue weighted by Crippen LogP contribution is -2.23. The van der Waals surface area contributed by atoms with Gasteiger partial charge >= 0.3 is 6.03 Å². The first-order valence-electron chi connectivity index (χ1n) is 7.28. The van der Waals surface area contributed by atoms with Gasteiger partial charge in [-0.05, 0) is 13.0 Å². The van der Waals surface area contributed by atoms with E-state index in [1.165, 1.54) is 18.7 Å². The predicted octanol–water partition coefficient (Wildman–Crippen LogP) is 2.69. The molecule has 0 atom stereocenters. The number of aryl methyl sites for hydroxylation is 1. The van der Waals surface area contributed by atoms with Gasteiger partial charge in [-0.2, -0.15) is 5.26 Å². The number of carbonyl (C=O) groups excluding carboxylic acids is 1. The molecule has 1 aliphatic heterocycles. The SMILES string of the molecule is C.Cc1nc(NC(=O)NC#N)sc1-c1cccc2c1S(=O)(=O)c1cn-2cn1. The number of sulfone groups is 1. The van der Waals surface area contributed by atoms with Crippen LogP contribution in [0.2, 0.25) is 0 Å². The third kappa shape index (κ3) is 2.84. The average Bonchev–Trinajstić information content (AvgIpc) is 3.19. The fourth-order valence-electron chi connectivity index (χ4n) is 2.75. The summed E-state index contributed by atoms with van der Waals surface area (Å²) in [4.78, 5) is 20.5. The molecule has 4 rings (SSSR count). The van der Waals surface area contributed by atoms with E-state index in [9.17, 15) is 13.2 Å². The zero-order valence-electron chi connectivity index (χ0n) is 13.2. The van der Waals surface area contributed by atoms with Crippen molar-refractivity contribution in [3.05, 3.63) is 36.4 Å². The maximum atomic E-state index is 12.9. The predicted molar refractivity (Wildman–Crippen MR) is 99.4 cm³/mol. The number of carbonyl (C=O) groups is 1. The van der Waals surface area contributed by atoms with Crippen molar-refractivity contribution in [2.75, 3.05) is 5.32 Å². The van der Waals surface area contributed by atoms with Crippen molar-refractivity contribution >= 4 is 32.3 Å². The normalized spacial score (nSPS) is 13.0. The van der Waals surface area contributed by atoms with Crippen molar-refractivity contribution < 1.29 is 13.2 Å². The third-order valence-electron chi connectivity index (χ3n) is 3.81. The van der Waals surface area contributed by atoms with Crippen LogP contribution in [-0.4, -0.2) is 29.0 Å². The Morgan fingerprint density at radius 1 is 1.37 bits per heavy atom. The van der Waals surface area contributed by atoms with Gasteiger partial charge in [0.2, 0.25) is 9.84 Å². The van der Waals surface area contributed by atoms with Crippen molar-refractivity contribution in [1.29, 1.82) is 5.26 Å². The number of nitrogens with one attached hydrogen (secondary N) is 2. The molecule has 3 heterocycles. The number of hydrogen-bond acceptors (Lipinski definition) is 7. The average molecular weight is 402 g/mol. The summed E-state index contributed by atoms with van der Waals surface area (Å²) in [6, 6.07) is 4.45. The molecule has 138 valence electrons. The summed E-state index contributed by atoms with van der Waals surface area (Å²) < 4.78 is 27.5. The van der Waals surface area contributed by atoms with Crippen molar-refractivity contribution in [3.8, 4) is 22.3 Å². The van der Waals surface area contributed by atoms with Crippen molar-refractivity contribution in [2.45, 2.75) is 24.3 Å². The van der Waals surface area contributed by atoms with Crippen LogP contribution in [0.15, 0.2) is 40.6 Å². The second-order valence-electron chi connectivity index (χ2n) is 5.40. The first-order valence-corrected chi connectivity index (χ1v) is 9.58. The van der Waals surface area contributed by atoms with Crippen LogP contribution in [0.25, 0.3) is 16.1 Å². The standard InChI is InChI=1S/C15H10N6O3S2.CH4/c1-8-12(25-15(19-8)20-14(22)17-6-16)9-3-2-4-10-13(9)26(23,24)11-5-21(10)7-18-11;/h2-5,7H,1H3,(H2,17,19,20,22);1H4. The molecule has 2 bridgehead atoms. The first-order chi connectivity index (χ1) is 12.4. The van der Waals surface area contributed by atoms with E-state index in [0.29, 0.717) is 21.8 Å². The Morgan fingerprint density at radius 3 is 2.89 bits per heavy atom. The summed E-state index contributed by atoms with van der Waals surface area (Å²) in [5.41, 5.74) is 1.57. The number of benzene rings is 1. The number of nitrogens with zero attached hydrogens (tertiary/aromatic N) is 4. The van der Waals surface area contributed by atoms with Crippen LogP contribution in [-0.2, 0) is 9.84 Å². The lowest BCUT2D eigenvalue weighted by Gasteiger charge is -2.16. The topological polar surface area (TPSA) is 130 Å². The van der Waals surface area contributed by atoms with Crippen molar-refractivity contribution in [2.24, 2.45) is 0 Å². The van der Waals surface area contributed by atoms with Crippen molar-refractivity contribution in [1.82, 2.24) is 19.9 Å². The molecule has 11 heteroatoms. The monoisotopic (exact) mass is 402 g/mol. The molecule has 0 saturated heterocycles. The Morgan fingerprint density at radius 2 is 2.15 bits per heavy atom. The molecule has 0 fully saturated rings. The summed E-state index contributed by atoms with van der Waals surface area (Å²) in [6.07, 6.45) is 4.45. The summed E-state index contributed by atoms with van der Waals surface area (Å²) in [5, 5.41) is 13.1. The second-order valence-corrected chi connectivity index (χ2v) is 8.23. The van der Waals surface area contributed by atoms with E-state index in [1.54, 1.807) is 29.7 Å². The van der Waals surface area contributed by atoms with E-state index >= 15 is 0 Å². The minimum absolute atomic E-state index is 0. The second kappa shape index (κ2) is 6.49. The van der Waals surface area contributed by atoms with Crippen LogP contribution in [0.3, 0.4) is 0 Å². The first kappa shape index (κ1) is 18.6. The van der Waals surface area contributed by atoms with Gasteiger partial charge in [-0.3, -0.25) is 5.32 Å². The summed E-state index contributed by atoms with van der Waals surface area (Å²) in [6.45, 7) is 1.72. The Kier molecular flexibility index (Phi) is 4.46. The summed E-state index contributed by atoms with van der Waals surface area (Å²) in [5.74, 6) is 0. The minimum Gasteiger partial charge on any atom is -0.304 e. The number of aromatic nitrogens is 3. The van der Waals surface area contributed by atoms with Gasteiger partial charge in [0, 0.05) is 11.8 Å². The molecule has 0 unspecified atom stereocenters. The quantitative estimate of drug-likeness (QED) is 0.392. The number of imidazole rings is 1. The largest absolute Gasteiger partial charge is 0.334 e. The molecule has 9 nitrogen and oxygen atoms in total. The number of rotatable bonds is 2. The number of thiazole rings is 1. The van der Waals surface area contributed by atoms with Crippen LogP contribution in [0.1, 0.15) is 13.1 Å². The highest BCUT2D eigenvalue weighted by molar-refractivity contribution is 7.91. The number of urea groups is 1. The van der Waals surface area contributed by atoms with Gasteiger partial charge in [0.1, 0.15) is 11.2 Å². The van der Waals surface area contributed by atoms with E-state index in [4.69, 9.17) is 5.26 Å². The Hall–Kier alpha value is -3.23. The highest BCUT2D eigenvalue weighted by atomic mass is 32.2. The van der Waals surface area contributed by atoms with Crippen LogP contribution < -0.4 is 10.6 Å². The molecule has 27 heavy (non-hydrogen) atoms.